The van der Waals surface area contributed by atoms with Gasteiger partial charge in [-0.2, -0.15) is 0 Å². The van der Waals surface area contributed by atoms with Gasteiger partial charge < -0.3 is 10.1 Å². The lowest BCUT2D eigenvalue weighted by Gasteiger charge is -2.12. The van der Waals surface area contributed by atoms with Crippen LogP contribution in [0.2, 0.25) is 0 Å². The molecule has 0 radical (unpaired) electrons. The average Bonchev–Trinajstić information content (AvgIpc) is 2.69. The van der Waals surface area contributed by atoms with Crippen LogP contribution in [-0.4, -0.2) is 20.4 Å². The third kappa shape index (κ3) is 5.57. The first-order valence-electron chi connectivity index (χ1n) is 9.19. The van der Waals surface area contributed by atoms with Crippen LogP contribution in [0.5, 0.6) is 5.75 Å². The number of hydrogen-bond donors (Lipinski definition) is 2. The lowest BCUT2D eigenvalue weighted by atomic mass is 10.2. The quantitative estimate of drug-likeness (QED) is 0.573. The van der Waals surface area contributed by atoms with Crippen molar-refractivity contribution in [2.75, 3.05) is 10.0 Å². The predicted octanol–water partition coefficient (Wildman–Crippen LogP) is 4.67. The Hall–Kier alpha value is -3.39. The van der Waals surface area contributed by atoms with Gasteiger partial charge in [0.2, 0.25) is 0 Å². The number of ether oxygens (including phenoxy) is 1. The molecule has 0 saturated carbocycles. The number of halogens is 1. The molecule has 0 aliphatic carbocycles. The van der Waals surface area contributed by atoms with E-state index in [0.717, 1.165) is 12.1 Å². The molecule has 3 aromatic carbocycles. The number of nitrogens with one attached hydrogen (secondary N) is 2. The highest BCUT2D eigenvalue weighted by Gasteiger charge is 2.17. The predicted molar refractivity (Wildman–Crippen MR) is 114 cm³/mol. The molecule has 0 atom stereocenters. The molecule has 3 aromatic rings. The molecule has 30 heavy (non-hydrogen) atoms. The highest BCUT2D eigenvalue weighted by molar-refractivity contribution is 7.92. The lowest BCUT2D eigenvalue weighted by molar-refractivity contribution is 0.102. The maximum Gasteiger partial charge on any atom is 0.261 e. The molecule has 2 N–H and O–H groups in total. The molecule has 0 fully saturated rings. The molecule has 0 bridgehead atoms. The Labute approximate surface area is 174 Å². The van der Waals surface area contributed by atoms with Crippen LogP contribution in [0, 0.1) is 5.82 Å². The Morgan fingerprint density at radius 2 is 1.63 bits per heavy atom. The van der Waals surface area contributed by atoms with Crippen LogP contribution in [0.3, 0.4) is 0 Å². The van der Waals surface area contributed by atoms with Crippen molar-refractivity contribution in [1.29, 1.82) is 0 Å². The van der Waals surface area contributed by atoms with Gasteiger partial charge in [0.15, 0.2) is 0 Å². The second-order valence-corrected chi connectivity index (χ2v) is 8.47. The first-order chi connectivity index (χ1) is 14.2. The standard InChI is InChI=1S/C22H21FN2O4S/c1-15(2)29-20-7-4-6-19(14-20)24-22(26)16-5-3-8-21(13-16)30(27,28)25-18-11-9-17(23)10-12-18/h3-15,25H,1-2H3,(H,24,26). The molecular weight excluding hydrogens is 407 g/mol. The van der Waals surface area contributed by atoms with Gasteiger partial charge in [-0.15, -0.1) is 0 Å². The Balaban J connectivity index is 1.77. The fraction of sp³-hybridized carbons (Fsp3) is 0.136. The number of rotatable bonds is 7. The van der Waals surface area contributed by atoms with Gasteiger partial charge in [-0.1, -0.05) is 12.1 Å². The summed E-state index contributed by atoms with van der Waals surface area (Å²) in [5, 5.41) is 2.73. The molecule has 0 aliphatic heterocycles. The van der Waals surface area contributed by atoms with Crippen LogP contribution in [0.1, 0.15) is 24.2 Å². The Morgan fingerprint density at radius 1 is 0.933 bits per heavy atom. The molecule has 3 rings (SSSR count). The van der Waals surface area contributed by atoms with E-state index in [2.05, 4.69) is 10.0 Å². The van der Waals surface area contributed by atoms with Gasteiger partial charge in [-0.3, -0.25) is 9.52 Å². The van der Waals surface area contributed by atoms with Crippen LogP contribution in [0.15, 0.2) is 77.7 Å². The maximum atomic E-state index is 13.0. The first-order valence-corrected chi connectivity index (χ1v) is 10.7. The van der Waals surface area contributed by atoms with Crippen molar-refractivity contribution >= 4 is 27.3 Å². The summed E-state index contributed by atoms with van der Waals surface area (Å²) in [5.74, 6) is -0.322. The van der Waals surface area contributed by atoms with E-state index in [9.17, 15) is 17.6 Å². The number of hydrogen-bond acceptors (Lipinski definition) is 4. The largest absolute Gasteiger partial charge is 0.491 e. The summed E-state index contributed by atoms with van der Waals surface area (Å²) in [5.41, 5.74) is 0.913. The summed E-state index contributed by atoms with van der Waals surface area (Å²) >= 11 is 0. The average molecular weight is 428 g/mol. The zero-order valence-corrected chi connectivity index (χ0v) is 17.2. The molecule has 0 aromatic heterocycles. The van der Waals surface area contributed by atoms with Crippen LogP contribution in [0.25, 0.3) is 0 Å². The van der Waals surface area contributed by atoms with Crippen molar-refractivity contribution in [3.05, 3.63) is 84.2 Å². The molecule has 0 unspecified atom stereocenters. The molecule has 0 spiro atoms. The van der Waals surface area contributed by atoms with Crippen LogP contribution in [-0.2, 0) is 10.0 Å². The minimum absolute atomic E-state index is 0.00792. The summed E-state index contributed by atoms with van der Waals surface area (Å²) in [6, 6.07) is 17.5. The van der Waals surface area contributed by atoms with Gasteiger partial charge in [-0.05, 0) is 68.4 Å². The molecule has 8 heteroatoms. The SMILES string of the molecule is CC(C)Oc1cccc(NC(=O)c2cccc(S(=O)(=O)Nc3ccc(F)cc3)c2)c1. The van der Waals surface area contributed by atoms with Gasteiger partial charge in [0.05, 0.1) is 11.0 Å². The summed E-state index contributed by atoms with van der Waals surface area (Å²) in [6.45, 7) is 3.80. The number of sulfonamides is 1. The minimum atomic E-state index is -3.95. The smallest absolute Gasteiger partial charge is 0.261 e. The number of benzene rings is 3. The van der Waals surface area contributed by atoms with E-state index in [4.69, 9.17) is 4.74 Å². The molecule has 0 aliphatic rings. The second-order valence-electron chi connectivity index (χ2n) is 6.79. The van der Waals surface area contributed by atoms with Crippen LogP contribution in [0.4, 0.5) is 15.8 Å². The van der Waals surface area contributed by atoms with Gasteiger partial charge in [0, 0.05) is 23.0 Å². The zero-order valence-electron chi connectivity index (χ0n) is 16.4. The molecule has 0 saturated heterocycles. The number of carbonyl (C=O) groups is 1. The fourth-order valence-corrected chi connectivity index (χ4v) is 3.76. The molecule has 1 amide bonds. The summed E-state index contributed by atoms with van der Waals surface area (Å²) in [7, 11) is -3.95. The molecular formula is C22H21FN2O4S. The van der Waals surface area contributed by atoms with E-state index >= 15 is 0 Å². The molecule has 156 valence electrons. The van der Waals surface area contributed by atoms with Crippen LogP contribution >= 0.6 is 0 Å². The van der Waals surface area contributed by atoms with Crippen molar-refractivity contribution in [2.24, 2.45) is 0 Å². The summed E-state index contributed by atoms with van der Waals surface area (Å²) < 4.78 is 46.2. The van der Waals surface area contributed by atoms with Gasteiger partial charge in [-0.25, -0.2) is 12.8 Å². The van der Waals surface area contributed by atoms with Crippen LogP contribution < -0.4 is 14.8 Å². The van der Waals surface area contributed by atoms with Crippen molar-refractivity contribution in [2.45, 2.75) is 24.8 Å². The maximum absolute atomic E-state index is 13.0. The fourth-order valence-electron chi connectivity index (χ4n) is 2.66. The lowest BCUT2D eigenvalue weighted by Crippen LogP contribution is -2.16. The van der Waals surface area contributed by atoms with Crippen molar-refractivity contribution in [3.63, 3.8) is 0 Å². The van der Waals surface area contributed by atoms with Crippen molar-refractivity contribution in [1.82, 2.24) is 0 Å². The first kappa shape index (κ1) is 21.3. The Morgan fingerprint density at radius 3 is 2.33 bits per heavy atom. The molecule has 0 heterocycles. The van der Waals surface area contributed by atoms with E-state index in [-0.39, 0.29) is 22.3 Å². The summed E-state index contributed by atoms with van der Waals surface area (Å²) in [6.07, 6.45) is -0.00792. The third-order valence-corrected chi connectivity index (χ3v) is 5.35. The van der Waals surface area contributed by atoms with E-state index in [1.807, 2.05) is 13.8 Å². The zero-order chi connectivity index (χ0) is 21.7. The van der Waals surface area contributed by atoms with Crippen molar-refractivity contribution < 1.29 is 22.3 Å². The van der Waals surface area contributed by atoms with Gasteiger partial charge >= 0.3 is 0 Å². The molecule has 6 nitrogen and oxygen atoms in total. The number of anilines is 2. The van der Waals surface area contributed by atoms with Crippen molar-refractivity contribution in [3.8, 4) is 5.75 Å². The summed E-state index contributed by atoms with van der Waals surface area (Å²) in [4.78, 5) is 12.5. The normalized spacial score (nSPS) is 11.2. The minimum Gasteiger partial charge on any atom is -0.491 e. The Kier molecular flexibility index (Phi) is 6.37. The van der Waals surface area contributed by atoms with E-state index in [0.29, 0.717) is 11.4 Å². The van der Waals surface area contributed by atoms with E-state index in [1.165, 1.54) is 36.4 Å². The van der Waals surface area contributed by atoms with Gasteiger partial charge in [0.1, 0.15) is 11.6 Å². The third-order valence-electron chi connectivity index (χ3n) is 3.97. The van der Waals surface area contributed by atoms with E-state index < -0.39 is 21.7 Å². The van der Waals surface area contributed by atoms with Gasteiger partial charge in [0.25, 0.3) is 15.9 Å². The topological polar surface area (TPSA) is 84.5 Å². The number of amides is 1. The van der Waals surface area contributed by atoms with E-state index in [1.54, 1.807) is 24.3 Å². The highest BCUT2D eigenvalue weighted by Crippen LogP contribution is 2.21. The second kappa shape index (κ2) is 8.96. The monoisotopic (exact) mass is 428 g/mol. The number of carbonyl (C=O) groups excluding carboxylic acids is 1. The Bertz CT molecular complexity index is 1150. The highest BCUT2D eigenvalue weighted by atomic mass is 32.2.